The summed E-state index contributed by atoms with van der Waals surface area (Å²) >= 11 is 5.26. The van der Waals surface area contributed by atoms with E-state index in [1.54, 1.807) is 12.1 Å². The number of carbonyl (C=O) groups is 1. The monoisotopic (exact) mass is 324 g/mol. The Bertz CT molecular complexity index is 748. The van der Waals surface area contributed by atoms with Crippen LogP contribution < -0.4 is 10.6 Å². The topological polar surface area (TPSA) is 41.1 Å². The SMILES string of the molecule is C/C=C\c1c(C)cccc1NC(=S)NC(=O)c1ccc(C)cc1. The Morgan fingerprint density at radius 1 is 1.09 bits per heavy atom. The van der Waals surface area contributed by atoms with Crippen LogP contribution in [0.3, 0.4) is 0 Å². The third-order valence-electron chi connectivity index (χ3n) is 3.45. The number of anilines is 1. The van der Waals surface area contributed by atoms with Crippen LogP contribution >= 0.6 is 12.2 Å². The Morgan fingerprint density at radius 3 is 2.43 bits per heavy atom. The fourth-order valence-electron chi connectivity index (χ4n) is 2.21. The van der Waals surface area contributed by atoms with Crippen LogP contribution in [-0.4, -0.2) is 11.0 Å². The van der Waals surface area contributed by atoms with E-state index in [0.717, 1.165) is 22.4 Å². The highest BCUT2D eigenvalue weighted by molar-refractivity contribution is 7.80. The maximum absolute atomic E-state index is 12.2. The molecule has 0 aliphatic heterocycles. The summed E-state index contributed by atoms with van der Waals surface area (Å²) in [5.41, 5.74) is 4.76. The molecular weight excluding hydrogens is 304 g/mol. The molecule has 2 aromatic rings. The fraction of sp³-hybridized carbons (Fsp3) is 0.158. The van der Waals surface area contributed by atoms with E-state index in [9.17, 15) is 4.79 Å². The van der Waals surface area contributed by atoms with Gasteiger partial charge in [-0.25, -0.2) is 0 Å². The number of nitrogens with one attached hydrogen (secondary N) is 2. The lowest BCUT2D eigenvalue weighted by Gasteiger charge is -2.13. The molecule has 3 nitrogen and oxygen atoms in total. The van der Waals surface area contributed by atoms with Crippen molar-refractivity contribution in [3.05, 3.63) is 70.8 Å². The number of carbonyl (C=O) groups excluding carboxylic acids is 1. The van der Waals surface area contributed by atoms with E-state index >= 15 is 0 Å². The van der Waals surface area contributed by atoms with Crippen molar-refractivity contribution in [3.63, 3.8) is 0 Å². The fourth-order valence-corrected chi connectivity index (χ4v) is 2.41. The summed E-state index contributed by atoms with van der Waals surface area (Å²) in [5, 5.41) is 6.09. The number of allylic oxidation sites excluding steroid dienone is 1. The lowest BCUT2D eigenvalue weighted by molar-refractivity contribution is 0.0977. The second-order valence-electron chi connectivity index (χ2n) is 5.31. The van der Waals surface area contributed by atoms with Crippen LogP contribution in [0, 0.1) is 13.8 Å². The number of aryl methyl sites for hydroxylation is 2. The smallest absolute Gasteiger partial charge is 0.257 e. The van der Waals surface area contributed by atoms with E-state index < -0.39 is 0 Å². The number of hydrogen-bond donors (Lipinski definition) is 2. The summed E-state index contributed by atoms with van der Waals surface area (Å²) in [5.74, 6) is -0.220. The Kier molecular flexibility index (Phi) is 5.66. The first-order valence-electron chi connectivity index (χ1n) is 7.42. The quantitative estimate of drug-likeness (QED) is 0.819. The maximum Gasteiger partial charge on any atom is 0.257 e. The number of hydrogen-bond acceptors (Lipinski definition) is 2. The largest absolute Gasteiger partial charge is 0.332 e. The first kappa shape index (κ1) is 16.9. The molecule has 0 aromatic heterocycles. The Labute approximate surface area is 142 Å². The van der Waals surface area contributed by atoms with Crippen molar-refractivity contribution < 1.29 is 4.79 Å². The van der Waals surface area contributed by atoms with Crippen LogP contribution in [0.25, 0.3) is 6.08 Å². The van der Waals surface area contributed by atoms with Gasteiger partial charge in [-0.05, 0) is 56.8 Å². The predicted molar refractivity (Wildman–Crippen MR) is 101 cm³/mol. The van der Waals surface area contributed by atoms with Gasteiger partial charge in [0, 0.05) is 16.8 Å². The molecule has 4 heteroatoms. The molecule has 0 unspecified atom stereocenters. The van der Waals surface area contributed by atoms with E-state index in [1.165, 1.54) is 0 Å². The van der Waals surface area contributed by atoms with Crippen molar-refractivity contribution in [3.8, 4) is 0 Å². The average Bonchev–Trinajstić information content (AvgIpc) is 2.51. The molecule has 0 saturated carbocycles. The molecule has 0 saturated heterocycles. The van der Waals surface area contributed by atoms with Gasteiger partial charge in [0.15, 0.2) is 5.11 Å². The normalized spacial score (nSPS) is 10.6. The summed E-state index contributed by atoms with van der Waals surface area (Å²) < 4.78 is 0. The predicted octanol–water partition coefficient (Wildman–Crippen LogP) is 4.46. The Hall–Kier alpha value is -2.46. The molecule has 2 aromatic carbocycles. The van der Waals surface area contributed by atoms with E-state index in [4.69, 9.17) is 12.2 Å². The van der Waals surface area contributed by atoms with Crippen LogP contribution in [0.15, 0.2) is 48.5 Å². The summed E-state index contributed by atoms with van der Waals surface area (Å²) in [4.78, 5) is 12.2. The van der Waals surface area contributed by atoms with Crippen molar-refractivity contribution in [2.24, 2.45) is 0 Å². The highest BCUT2D eigenvalue weighted by Gasteiger charge is 2.09. The van der Waals surface area contributed by atoms with Gasteiger partial charge < -0.3 is 5.32 Å². The van der Waals surface area contributed by atoms with Gasteiger partial charge in [0.05, 0.1) is 0 Å². The Morgan fingerprint density at radius 2 is 1.78 bits per heavy atom. The lowest BCUT2D eigenvalue weighted by Crippen LogP contribution is -2.34. The minimum atomic E-state index is -0.220. The van der Waals surface area contributed by atoms with Gasteiger partial charge in [-0.1, -0.05) is 42.0 Å². The lowest BCUT2D eigenvalue weighted by atomic mass is 10.1. The zero-order valence-electron chi connectivity index (χ0n) is 13.5. The first-order chi connectivity index (χ1) is 11.0. The zero-order valence-corrected chi connectivity index (χ0v) is 14.3. The minimum absolute atomic E-state index is 0.220. The summed E-state index contributed by atoms with van der Waals surface area (Å²) in [6.07, 6.45) is 3.99. The van der Waals surface area contributed by atoms with Crippen molar-refractivity contribution >= 4 is 35.0 Å². The number of amides is 1. The van der Waals surface area contributed by atoms with Crippen molar-refractivity contribution in [2.45, 2.75) is 20.8 Å². The standard InChI is InChI=1S/C19H20N2OS/c1-4-6-16-14(3)7-5-8-17(16)20-19(23)21-18(22)15-11-9-13(2)10-12-15/h4-12H,1-3H3,(H2,20,21,22,23)/b6-4-. The summed E-state index contributed by atoms with van der Waals surface area (Å²) in [6.45, 7) is 5.98. The third kappa shape index (κ3) is 4.50. The molecular formula is C19H20N2OS. The molecule has 1 amide bonds. The van der Waals surface area contributed by atoms with Crippen molar-refractivity contribution in [2.75, 3.05) is 5.32 Å². The molecule has 0 aliphatic carbocycles. The molecule has 0 radical (unpaired) electrons. The van der Waals surface area contributed by atoms with Gasteiger partial charge in [0.25, 0.3) is 5.91 Å². The number of thiocarbonyl (C=S) groups is 1. The molecule has 2 rings (SSSR count). The van der Waals surface area contributed by atoms with Gasteiger partial charge in [-0.2, -0.15) is 0 Å². The molecule has 2 N–H and O–H groups in total. The van der Waals surface area contributed by atoms with Gasteiger partial charge in [-0.15, -0.1) is 0 Å². The van der Waals surface area contributed by atoms with Crippen LogP contribution in [0.5, 0.6) is 0 Å². The van der Waals surface area contributed by atoms with Crippen LogP contribution in [0.1, 0.15) is 34.0 Å². The molecule has 0 heterocycles. The average molecular weight is 324 g/mol. The van der Waals surface area contributed by atoms with Crippen molar-refractivity contribution in [1.82, 2.24) is 5.32 Å². The second-order valence-corrected chi connectivity index (χ2v) is 5.72. The van der Waals surface area contributed by atoms with Crippen molar-refractivity contribution in [1.29, 1.82) is 0 Å². The summed E-state index contributed by atoms with van der Waals surface area (Å²) in [7, 11) is 0. The first-order valence-corrected chi connectivity index (χ1v) is 7.83. The number of benzene rings is 2. The van der Waals surface area contributed by atoms with E-state index in [2.05, 4.69) is 10.6 Å². The van der Waals surface area contributed by atoms with Gasteiger partial charge >= 0.3 is 0 Å². The number of rotatable bonds is 3. The molecule has 23 heavy (non-hydrogen) atoms. The maximum atomic E-state index is 12.2. The zero-order chi connectivity index (χ0) is 16.8. The molecule has 0 bridgehead atoms. The van der Waals surface area contributed by atoms with Crippen LogP contribution in [0.4, 0.5) is 5.69 Å². The minimum Gasteiger partial charge on any atom is -0.332 e. The van der Waals surface area contributed by atoms with E-state index in [0.29, 0.717) is 5.56 Å². The molecule has 0 spiro atoms. The summed E-state index contributed by atoms with van der Waals surface area (Å²) in [6, 6.07) is 13.3. The van der Waals surface area contributed by atoms with Gasteiger partial charge in [-0.3, -0.25) is 10.1 Å². The highest BCUT2D eigenvalue weighted by Crippen LogP contribution is 2.21. The molecule has 0 aliphatic rings. The van der Waals surface area contributed by atoms with E-state index in [1.807, 2.05) is 63.3 Å². The van der Waals surface area contributed by atoms with Crippen LogP contribution in [0.2, 0.25) is 0 Å². The van der Waals surface area contributed by atoms with Crippen LogP contribution in [-0.2, 0) is 0 Å². The molecule has 0 atom stereocenters. The molecule has 118 valence electrons. The Balaban J connectivity index is 2.09. The van der Waals surface area contributed by atoms with Gasteiger partial charge in [0.2, 0.25) is 0 Å². The van der Waals surface area contributed by atoms with Gasteiger partial charge in [0.1, 0.15) is 0 Å². The van der Waals surface area contributed by atoms with E-state index in [-0.39, 0.29) is 11.0 Å². The molecule has 0 fully saturated rings. The highest BCUT2D eigenvalue weighted by atomic mass is 32.1. The second kappa shape index (κ2) is 7.70. The third-order valence-corrected chi connectivity index (χ3v) is 3.65.